The molecule has 3 aliphatic rings. The third-order valence-electron chi connectivity index (χ3n) is 5.93. The fraction of sp³-hybridized carbons (Fsp3) is 0.647. The summed E-state index contributed by atoms with van der Waals surface area (Å²) in [4.78, 5) is 0. The molecule has 3 fully saturated rings. The Morgan fingerprint density at radius 3 is 2.58 bits per heavy atom. The molecule has 1 aliphatic heterocycles. The van der Waals surface area contributed by atoms with Crippen molar-refractivity contribution in [1.82, 2.24) is 0 Å². The molecule has 2 aliphatic carbocycles. The quantitative estimate of drug-likeness (QED) is 0.604. The Hall–Kier alpha value is -0.603. The molecule has 102 valence electrons. The maximum Gasteiger partial charge on any atom is 0.0875 e. The molecule has 2 saturated carbocycles. The smallest absolute Gasteiger partial charge is 0.0875 e. The molecule has 1 aromatic carbocycles. The van der Waals surface area contributed by atoms with Crippen molar-refractivity contribution in [2.24, 2.45) is 17.8 Å². The summed E-state index contributed by atoms with van der Waals surface area (Å²) < 4.78 is 5.80. The Labute approximate surface area is 117 Å². The molecule has 1 aromatic rings. The lowest BCUT2D eigenvalue weighted by Gasteiger charge is -2.27. The SMILES string of the molecule is C[Si](C)(CCC1CC2CC1C1OC21)c1ccccc1. The van der Waals surface area contributed by atoms with Crippen LogP contribution >= 0.6 is 0 Å². The number of hydrogen-bond donors (Lipinski definition) is 0. The van der Waals surface area contributed by atoms with E-state index < -0.39 is 8.07 Å². The molecule has 2 bridgehead atoms. The van der Waals surface area contributed by atoms with E-state index in [-0.39, 0.29) is 0 Å². The zero-order valence-electron chi connectivity index (χ0n) is 12.0. The van der Waals surface area contributed by atoms with Gasteiger partial charge in [0.25, 0.3) is 0 Å². The monoisotopic (exact) mass is 272 g/mol. The van der Waals surface area contributed by atoms with Crippen molar-refractivity contribution in [2.75, 3.05) is 0 Å². The van der Waals surface area contributed by atoms with E-state index in [2.05, 4.69) is 43.4 Å². The van der Waals surface area contributed by atoms with E-state index in [1.54, 1.807) is 5.19 Å². The second kappa shape index (κ2) is 4.19. The van der Waals surface area contributed by atoms with Crippen LogP contribution in [0.25, 0.3) is 0 Å². The van der Waals surface area contributed by atoms with E-state index >= 15 is 0 Å². The minimum atomic E-state index is -1.22. The molecular formula is C17H24OSi. The molecule has 0 radical (unpaired) electrons. The minimum absolute atomic E-state index is 0.685. The Bertz CT molecular complexity index is 469. The number of hydrogen-bond acceptors (Lipinski definition) is 1. The first-order chi connectivity index (χ1) is 9.15. The van der Waals surface area contributed by atoms with Gasteiger partial charge in [-0.3, -0.25) is 0 Å². The Kier molecular flexibility index (Phi) is 2.68. The van der Waals surface area contributed by atoms with Gasteiger partial charge in [0.2, 0.25) is 0 Å². The molecule has 0 spiro atoms. The van der Waals surface area contributed by atoms with Crippen LogP contribution in [0.3, 0.4) is 0 Å². The molecule has 0 amide bonds. The van der Waals surface area contributed by atoms with Crippen LogP contribution in [0.15, 0.2) is 30.3 Å². The standard InChI is InChI=1S/C17H24OSi/c1-19(2,14-6-4-3-5-7-14)9-8-12-10-13-11-15(12)17-16(13)18-17/h3-7,12-13,15-17H,8-11H2,1-2H3. The van der Waals surface area contributed by atoms with E-state index in [1.807, 2.05) is 0 Å². The third-order valence-corrected chi connectivity index (χ3v) is 9.36. The van der Waals surface area contributed by atoms with Crippen LogP contribution in [0.4, 0.5) is 0 Å². The van der Waals surface area contributed by atoms with Crippen LogP contribution in [-0.4, -0.2) is 20.3 Å². The van der Waals surface area contributed by atoms with E-state index in [0.717, 1.165) is 17.8 Å². The van der Waals surface area contributed by atoms with Crippen molar-refractivity contribution in [3.05, 3.63) is 30.3 Å². The lowest BCUT2D eigenvalue weighted by Crippen LogP contribution is -2.41. The molecule has 4 rings (SSSR count). The number of fused-ring (bicyclic) bond motifs is 5. The summed E-state index contributed by atoms with van der Waals surface area (Å²) in [5.41, 5.74) is 0. The van der Waals surface area contributed by atoms with Crippen molar-refractivity contribution in [3.63, 3.8) is 0 Å². The van der Waals surface area contributed by atoms with E-state index in [4.69, 9.17) is 4.74 Å². The van der Waals surface area contributed by atoms with Gasteiger partial charge < -0.3 is 4.74 Å². The maximum absolute atomic E-state index is 5.80. The molecule has 0 aromatic heterocycles. The third kappa shape index (κ3) is 2.00. The number of epoxide rings is 1. The second-order valence-corrected chi connectivity index (χ2v) is 12.4. The van der Waals surface area contributed by atoms with E-state index in [0.29, 0.717) is 12.2 Å². The lowest BCUT2D eigenvalue weighted by molar-refractivity contribution is 0.248. The predicted molar refractivity (Wildman–Crippen MR) is 81.3 cm³/mol. The first-order valence-corrected chi connectivity index (χ1v) is 11.1. The molecule has 0 N–H and O–H groups in total. The molecule has 1 heterocycles. The number of rotatable bonds is 4. The van der Waals surface area contributed by atoms with Crippen LogP contribution in [0, 0.1) is 17.8 Å². The van der Waals surface area contributed by atoms with Gasteiger partial charge in [0.1, 0.15) is 0 Å². The van der Waals surface area contributed by atoms with Gasteiger partial charge in [0, 0.05) is 0 Å². The van der Waals surface area contributed by atoms with Gasteiger partial charge >= 0.3 is 0 Å². The van der Waals surface area contributed by atoms with Crippen LogP contribution in [0.2, 0.25) is 19.1 Å². The van der Waals surface area contributed by atoms with Crippen molar-refractivity contribution in [2.45, 2.75) is 50.6 Å². The Morgan fingerprint density at radius 2 is 1.89 bits per heavy atom. The van der Waals surface area contributed by atoms with Gasteiger partial charge in [-0.15, -0.1) is 0 Å². The lowest BCUT2D eigenvalue weighted by atomic mass is 9.87. The van der Waals surface area contributed by atoms with Crippen molar-refractivity contribution in [1.29, 1.82) is 0 Å². The zero-order valence-corrected chi connectivity index (χ0v) is 13.0. The summed E-state index contributed by atoms with van der Waals surface area (Å²) in [5, 5.41) is 1.62. The van der Waals surface area contributed by atoms with E-state index in [9.17, 15) is 0 Å². The highest BCUT2D eigenvalue weighted by Gasteiger charge is 2.62. The summed E-state index contributed by atoms with van der Waals surface area (Å²) >= 11 is 0. The van der Waals surface area contributed by atoms with Crippen LogP contribution in [0.5, 0.6) is 0 Å². The van der Waals surface area contributed by atoms with Gasteiger partial charge in [0.05, 0.1) is 20.3 Å². The maximum atomic E-state index is 5.80. The first kappa shape index (κ1) is 12.2. The van der Waals surface area contributed by atoms with Gasteiger partial charge in [-0.25, -0.2) is 0 Å². The highest BCUT2D eigenvalue weighted by Crippen LogP contribution is 2.59. The minimum Gasteiger partial charge on any atom is -0.369 e. The first-order valence-electron chi connectivity index (χ1n) is 7.86. The number of benzene rings is 1. The Morgan fingerprint density at radius 1 is 1.11 bits per heavy atom. The summed E-state index contributed by atoms with van der Waals surface area (Å²) in [7, 11) is -1.22. The molecule has 1 nitrogen and oxygen atoms in total. The largest absolute Gasteiger partial charge is 0.369 e. The summed E-state index contributed by atoms with van der Waals surface area (Å²) in [6.07, 6.45) is 5.77. The topological polar surface area (TPSA) is 12.5 Å². The Balaban J connectivity index is 1.40. The van der Waals surface area contributed by atoms with Crippen molar-refractivity contribution >= 4 is 13.3 Å². The molecular weight excluding hydrogens is 248 g/mol. The predicted octanol–water partition coefficient (Wildman–Crippen LogP) is 3.42. The fourth-order valence-corrected chi connectivity index (χ4v) is 7.12. The fourth-order valence-electron chi connectivity index (χ4n) is 4.64. The highest BCUT2D eigenvalue weighted by atomic mass is 28.3. The van der Waals surface area contributed by atoms with Crippen LogP contribution < -0.4 is 5.19 Å². The second-order valence-electron chi connectivity index (χ2n) is 7.51. The zero-order chi connectivity index (χ0) is 13.0. The van der Waals surface area contributed by atoms with Crippen molar-refractivity contribution in [3.8, 4) is 0 Å². The summed E-state index contributed by atoms with van der Waals surface area (Å²) in [6.45, 7) is 5.07. The normalized spacial score (nSPS) is 39.4. The molecule has 19 heavy (non-hydrogen) atoms. The van der Waals surface area contributed by atoms with Gasteiger partial charge in [-0.1, -0.05) is 61.1 Å². The van der Waals surface area contributed by atoms with Gasteiger partial charge in [-0.05, 0) is 30.6 Å². The van der Waals surface area contributed by atoms with Crippen LogP contribution in [0.1, 0.15) is 19.3 Å². The average molecular weight is 272 g/mol. The molecule has 2 heteroatoms. The van der Waals surface area contributed by atoms with E-state index in [1.165, 1.54) is 25.3 Å². The molecule has 5 atom stereocenters. The summed E-state index contributed by atoms with van der Waals surface area (Å²) in [5.74, 6) is 2.83. The average Bonchev–Trinajstić information content (AvgIpc) is 3.04. The molecule has 1 saturated heterocycles. The molecule has 5 unspecified atom stereocenters. The highest BCUT2D eigenvalue weighted by molar-refractivity contribution is 6.89. The van der Waals surface area contributed by atoms with Crippen molar-refractivity contribution < 1.29 is 4.74 Å². The van der Waals surface area contributed by atoms with Gasteiger partial charge in [-0.2, -0.15) is 0 Å². The summed E-state index contributed by atoms with van der Waals surface area (Å²) in [6, 6.07) is 12.7. The van der Waals surface area contributed by atoms with Crippen LogP contribution in [-0.2, 0) is 4.74 Å². The van der Waals surface area contributed by atoms with Gasteiger partial charge in [0.15, 0.2) is 0 Å². The number of ether oxygens (including phenoxy) is 1.